The Morgan fingerprint density at radius 1 is 1.36 bits per heavy atom. The summed E-state index contributed by atoms with van der Waals surface area (Å²) in [6.45, 7) is 3.12. The smallest absolute Gasteiger partial charge is 0.290 e. The second-order valence-corrected chi connectivity index (χ2v) is 6.84. The topological polar surface area (TPSA) is 98.2 Å². The van der Waals surface area contributed by atoms with Crippen LogP contribution in [-0.2, 0) is 0 Å². The largest absolute Gasteiger partial charge is 0.356 e. The van der Waals surface area contributed by atoms with Crippen LogP contribution in [-0.4, -0.2) is 33.1 Å². The van der Waals surface area contributed by atoms with Crippen molar-refractivity contribution < 1.29 is 13.8 Å². The molecular formula is C19H18FN5O3. The summed E-state index contributed by atoms with van der Waals surface area (Å²) in [7, 11) is 0. The molecule has 3 aromatic rings. The van der Waals surface area contributed by atoms with E-state index in [-0.39, 0.29) is 17.4 Å². The lowest BCUT2D eigenvalue weighted by molar-refractivity contribution is -0.385. The van der Waals surface area contributed by atoms with Crippen LogP contribution >= 0.6 is 0 Å². The zero-order chi connectivity index (χ0) is 19.7. The van der Waals surface area contributed by atoms with E-state index in [0.717, 1.165) is 19.4 Å². The third-order valence-electron chi connectivity index (χ3n) is 4.88. The Morgan fingerprint density at radius 2 is 2.21 bits per heavy atom. The average molecular weight is 383 g/mol. The molecule has 0 amide bonds. The summed E-state index contributed by atoms with van der Waals surface area (Å²) in [6.07, 6.45) is 3.08. The maximum atomic E-state index is 13.4. The van der Waals surface area contributed by atoms with Gasteiger partial charge >= 0.3 is 0 Å². The Morgan fingerprint density at radius 3 is 2.96 bits per heavy atom. The van der Waals surface area contributed by atoms with Crippen molar-refractivity contribution in [3.8, 4) is 11.4 Å². The summed E-state index contributed by atoms with van der Waals surface area (Å²) in [5, 5.41) is 15.0. The van der Waals surface area contributed by atoms with Gasteiger partial charge < -0.3 is 9.42 Å². The quantitative estimate of drug-likeness (QED) is 0.498. The van der Waals surface area contributed by atoms with Crippen LogP contribution in [0, 0.1) is 22.9 Å². The fraction of sp³-hybridized carbons (Fsp3) is 0.316. The number of pyridine rings is 1. The molecule has 0 N–H and O–H groups in total. The molecule has 0 bridgehead atoms. The molecule has 9 heteroatoms. The minimum Gasteiger partial charge on any atom is -0.356 e. The normalized spacial score (nSPS) is 16.9. The van der Waals surface area contributed by atoms with Gasteiger partial charge in [-0.3, -0.25) is 10.1 Å². The van der Waals surface area contributed by atoms with Crippen LogP contribution in [0.3, 0.4) is 0 Å². The van der Waals surface area contributed by atoms with Crippen LogP contribution in [0.25, 0.3) is 11.4 Å². The first kappa shape index (κ1) is 18.0. The number of aromatic nitrogens is 3. The van der Waals surface area contributed by atoms with Crippen molar-refractivity contribution in [2.24, 2.45) is 0 Å². The molecule has 1 aromatic carbocycles. The van der Waals surface area contributed by atoms with Gasteiger partial charge in [-0.1, -0.05) is 17.3 Å². The first-order valence-electron chi connectivity index (χ1n) is 8.97. The Bertz CT molecular complexity index is 1020. The van der Waals surface area contributed by atoms with Gasteiger partial charge in [0.1, 0.15) is 17.8 Å². The van der Waals surface area contributed by atoms with Crippen LogP contribution in [0.5, 0.6) is 0 Å². The van der Waals surface area contributed by atoms with Gasteiger partial charge in [0.15, 0.2) is 0 Å². The number of aryl methyl sites for hydroxylation is 1. The highest BCUT2D eigenvalue weighted by Crippen LogP contribution is 2.31. The Labute approximate surface area is 160 Å². The average Bonchev–Trinajstić information content (AvgIpc) is 3.18. The predicted octanol–water partition coefficient (Wildman–Crippen LogP) is 3.87. The van der Waals surface area contributed by atoms with Gasteiger partial charge in [0.2, 0.25) is 11.7 Å². The van der Waals surface area contributed by atoms with Crippen LogP contribution in [0.2, 0.25) is 0 Å². The van der Waals surface area contributed by atoms with E-state index in [1.807, 2.05) is 0 Å². The molecule has 1 atom stereocenters. The number of halogens is 1. The molecule has 1 aliphatic rings. The molecule has 1 saturated heterocycles. The number of rotatable bonds is 4. The van der Waals surface area contributed by atoms with E-state index < -0.39 is 4.92 Å². The third kappa shape index (κ3) is 3.55. The van der Waals surface area contributed by atoms with Crippen molar-refractivity contribution in [3.05, 3.63) is 63.9 Å². The van der Waals surface area contributed by atoms with E-state index in [1.165, 1.54) is 18.3 Å². The summed E-state index contributed by atoms with van der Waals surface area (Å²) in [4.78, 5) is 21.3. The van der Waals surface area contributed by atoms with Crippen LogP contribution in [0.15, 0.2) is 41.1 Å². The van der Waals surface area contributed by atoms with Crippen LogP contribution in [0.4, 0.5) is 15.9 Å². The zero-order valence-corrected chi connectivity index (χ0v) is 15.2. The fourth-order valence-electron chi connectivity index (χ4n) is 3.43. The molecule has 8 nitrogen and oxygen atoms in total. The summed E-state index contributed by atoms with van der Waals surface area (Å²) in [6, 6.07) is 7.79. The van der Waals surface area contributed by atoms with Crippen molar-refractivity contribution in [1.82, 2.24) is 15.1 Å². The fourth-order valence-corrected chi connectivity index (χ4v) is 3.43. The maximum absolute atomic E-state index is 13.4. The Hall–Kier alpha value is -3.36. The molecular weight excluding hydrogens is 365 g/mol. The van der Waals surface area contributed by atoms with E-state index in [1.54, 1.807) is 25.1 Å². The van der Waals surface area contributed by atoms with E-state index in [4.69, 9.17) is 4.52 Å². The van der Waals surface area contributed by atoms with Crippen molar-refractivity contribution in [2.45, 2.75) is 25.7 Å². The maximum Gasteiger partial charge on any atom is 0.290 e. The molecule has 1 fully saturated rings. The van der Waals surface area contributed by atoms with Gasteiger partial charge in [0.25, 0.3) is 5.69 Å². The molecule has 28 heavy (non-hydrogen) atoms. The molecule has 144 valence electrons. The first-order valence-corrected chi connectivity index (χ1v) is 8.97. The Kier molecular flexibility index (Phi) is 4.72. The monoisotopic (exact) mass is 383 g/mol. The molecule has 0 spiro atoms. The number of anilines is 1. The third-order valence-corrected chi connectivity index (χ3v) is 4.88. The SMILES string of the molecule is Cc1cc(N2CCCC(c3nc(-c4cccc(F)c4)no3)C2)ncc1[N+](=O)[O-]. The standard InChI is InChI=1S/C19H18FN5O3/c1-12-8-17(21-10-16(12)25(26)27)24-7-3-5-14(11-24)19-22-18(23-28-19)13-4-2-6-15(20)9-13/h2,4,6,8-10,14H,3,5,7,11H2,1H3. The van der Waals surface area contributed by atoms with Crippen molar-refractivity contribution in [2.75, 3.05) is 18.0 Å². The lowest BCUT2D eigenvalue weighted by atomic mass is 9.98. The van der Waals surface area contributed by atoms with Crippen molar-refractivity contribution in [3.63, 3.8) is 0 Å². The number of hydrogen-bond donors (Lipinski definition) is 0. The van der Waals surface area contributed by atoms with Crippen LogP contribution < -0.4 is 4.90 Å². The summed E-state index contributed by atoms with van der Waals surface area (Å²) in [5.41, 5.74) is 1.15. The zero-order valence-electron chi connectivity index (χ0n) is 15.2. The number of hydrogen-bond acceptors (Lipinski definition) is 7. The Balaban J connectivity index is 1.53. The number of piperidine rings is 1. The highest BCUT2D eigenvalue weighted by molar-refractivity contribution is 5.54. The number of nitrogens with zero attached hydrogens (tertiary/aromatic N) is 5. The molecule has 0 aliphatic carbocycles. The highest BCUT2D eigenvalue weighted by atomic mass is 19.1. The van der Waals surface area contributed by atoms with Gasteiger partial charge in [0, 0.05) is 24.2 Å². The molecule has 2 aromatic heterocycles. The van der Waals surface area contributed by atoms with Crippen molar-refractivity contribution in [1.29, 1.82) is 0 Å². The first-order chi connectivity index (χ1) is 13.5. The minimum atomic E-state index is -0.433. The van der Waals surface area contributed by atoms with E-state index in [9.17, 15) is 14.5 Å². The van der Waals surface area contributed by atoms with Gasteiger partial charge in [-0.15, -0.1) is 0 Å². The van der Waals surface area contributed by atoms with E-state index in [0.29, 0.717) is 35.2 Å². The molecule has 1 unspecified atom stereocenters. The molecule has 0 radical (unpaired) electrons. The van der Waals surface area contributed by atoms with Gasteiger partial charge in [-0.05, 0) is 38.0 Å². The van der Waals surface area contributed by atoms with E-state index in [2.05, 4.69) is 20.0 Å². The minimum absolute atomic E-state index is 0.00828. The summed E-state index contributed by atoms with van der Waals surface area (Å²) in [5.74, 6) is 1.21. The molecule has 1 aliphatic heterocycles. The summed E-state index contributed by atoms with van der Waals surface area (Å²) >= 11 is 0. The second-order valence-electron chi connectivity index (χ2n) is 6.84. The summed E-state index contributed by atoms with van der Waals surface area (Å²) < 4.78 is 18.9. The van der Waals surface area contributed by atoms with Gasteiger partial charge in [0.05, 0.1) is 10.8 Å². The van der Waals surface area contributed by atoms with Crippen LogP contribution in [0.1, 0.15) is 30.2 Å². The number of benzene rings is 1. The van der Waals surface area contributed by atoms with Gasteiger partial charge in [-0.25, -0.2) is 9.37 Å². The molecule has 3 heterocycles. The predicted molar refractivity (Wildman–Crippen MR) is 99.5 cm³/mol. The van der Waals surface area contributed by atoms with Gasteiger partial charge in [-0.2, -0.15) is 4.98 Å². The molecule has 4 rings (SSSR count). The number of nitro groups is 1. The van der Waals surface area contributed by atoms with E-state index >= 15 is 0 Å². The highest BCUT2D eigenvalue weighted by Gasteiger charge is 2.27. The molecule has 0 saturated carbocycles. The lowest BCUT2D eigenvalue weighted by Gasteiger charge is -2.31. The second kappa shape index (κ2) is 7.34. The van der Waals surface area contributed by atoms with Crippen molar-refractivity contribution >= 4 is 11.5 Å². The lowest BCUT2D eigenvalue weighted by Crippen LogP contribution is -2.35.